The summed E-state index contributed by atoms with van der Waals surface area (Å²) in [4.78, 5) is 28.2. The fraction of sp³-hybridized carbons (Fsp3) is 0.333. The molecule has 0 radical (unpaired) electrons. The Bertz CT molecular complexity index is 1650. The summed E-state index contributed by atoms with van der Waals surface area (Å²) in [6.45, 7) is 3.59. The van der Waals surface area contributed by atoms with E-state index in [-0.39, 0.29) is 48.6 Å². The normalized spacial score (nSPS) is 18.6. The molecule has 0 saturated heterocycles. The van der Waals surface area contributed by atoms with Crippen molar-refractivity contribution in [3.63, 3.8) is 0 Å². The van der Waals surface area contributed by atoms with Crippen molar-refractivity contribution in [1.29, 1.82) is 0 Å². The number of nitrogens with one attached hydrogen (secondary N) is 2. The van der Waals surface area contributed by atoms with Gasteiger partial charge in [-0.3, -0.25) is 4.79 Å². The van der Waals surface area contributed by atoms with Crippen LogP contribution >= 0.6 is 11.6 Å². The summed E-state index contributed by atoms with van der Waals surface area (Å²) >= 11 is 5.94. The lowest BCUT2D eigenvalue weighted by molar-refractivity contribution is 0.0387. The minimum Gasteiger partial charge on any atom is -0.488 e. The number of benzene rings is 3. The maximum absolute atomic E-state index is 13.7. The van der Waals surface area contributed by atoms with Gasteiger partial charge in [-0.15, -0.1) is 0 Å². The first-order chi connectivity index (χ1) is 21.0. The summed E-state index contributed by atoms with van der Waals surface area (Å²) in [5, 5.41) is 15.8. The van der Waals surface area contributed by atoms with Crippen LogP contribution in [0.5, 0.6) is 17.2 Å². The molecule has 0 unspecified atom stereocenters. The van der Waals surface area contributed by atoms with Gasteiger partial charge in [-0.1, -0.05) is 18.5 Å². The van der Waals surface area contributed by atoms with E-state index < -0.39 is 34.1 Å². The number of fused-ring (bicyclic) bond motifs is 2. The standard InChI is InChI=1S/C30H33ClN4O8S/c1-18-14-35(19(2)16-36)29(37)24-12-21(32-30(38)33-22-7-11-26-27(13-22)42-17-41-26)6-10-25(24)43-28(18)15-34(3)44(39,40)23-8-4-20(31)5-9-23/h4-13,18-19,28,36H,14-17H2,1-3H3,(H2,32,33,38)/t18-,19-,28+/m1/s1. The Morgan fingerprint density at radius 2 is 1.68 bits per heavy atom. The Kier molecular flexibility index (Phi) is 9.20. The third-order valence-corrected chi connectivity index (χ3v) is 9.60. The van der Waals surface area contributed by atoms with Crippen LogP contribution in [-0.4, -0.2) is 80.4 Å². The van der Waals surface area contributed by atoms with E-state index in [1.807, 2.05) is 6.92 Å². The molecule has 0 fully saturated rings. The number of ether oxygens (including phenoxy) is 3. The van der Waals surface area contributed by atoms with Gasteiger partial charge in [0, 0.05) is 42.0 Å². The minimum atomic E-state index is -3.87. The molecule has 0 aliphatic carbocycles. The molecule has 234 valence electrons. The van der Waals surface area contributed by atoms with E-state index in [9.17, 15) is 23.1 Å². The summed E-state index contributed by atoms with van der Waals surface area (Å²) < 4.78 is 44.8. The average Bonchev–Trinajstić information content (AvgIpc) is 3.47. The molecular weight excluding hydrogens is 612 g/mol. The lowest BCUT2D eigenvalue weighted by Crippen LogP contribution is -2.50. The number of rotatable bonds is 8. The minimum absolute atomic E-state index is 0.0148. The van der Waals surface area contributed by atoms with E-state index in [2.05, 4.69) is 10.6 Å². The highest BCUT2D eigenvalue weighted by Gasteiger charge is 2.35. The first kappa shape index (κ1) is 31.4. The number of nitrogens with zero attached hydrogens (tertiary/aromatic N) is 2. The molecule has 3 N–H and O–H groups in total. The molecule has 0 saturated carbocycles. The summed E-state index contributed by atoms with van der Waals surface area (Å²) in [5.74, 6) is 0.614. The first-order valence-electron chi connectivity index (χ1n) is 13.9. The van der Waals surface area contributed by atoms with Crippen LogP contribution in [0.1, 0.15) is 24.2 Å². The van der Waals surface area contributed by atoms with Crippen LogP contribution < -0.4 is 24.8 Å². The molecule has 0 spiro atoms. The fourth-order valence-corrected chi connectivity index (χ4v) is 6.23. The fourth-order valence-electron chi connectivity index (χ4n) is 4.92. The van der Waals surface area contributed by atoms with E-state index >= 15 is 0 Å². The Morgan fingerprint density at radius 3 is 2.36 bits per heavy atom. The van der Waals surface area contributed by atoms with Gasteiger partial charge in [-0.2, -0.15) is 4.31 Å². The smallest absolute Gasteiger partial charge is 0.323 e. The maximum Gasteiger partial charge on any atom is 0.323 e. The predicted molar refractivity (Wildman–Crippen MR) is 164 cm³/mol. The summed E-state index contributed by atoms with van der Waals surface area (Å²) in [7, 11) is -2.40. The molecular formula is C30H33ClN4O8S. The lowest BCUT2D eigenvalue weighted by atomic mass is 9.99. The van der Waals surface area contributed by atoms with Crippen LogP contribution in [0.25, 0.3) is 0 Å². The second kappa shape index (κ2) is 12.9. The largest absolute Gasteiger partial charge is 0.488 e. The second-order valence-corrected chi connectivity index (χ2v) is 13.2. The number of aliphatic hydroxyl groups is 1. The predicted octanol–water partition coefficient (Wildman–Crippen LogP) is 4.25. The van der Waals surface area contributed by atoms with Crippen LogP contribution in [0.3, 0.4) is 0 Å². The summed E-state index contributed by atoms with van der Waals surface area (Å²) in [6.07, 6.45) is -0.657. The quantitative estimate of drug-likeness (QED) is 0.330. The van der Waals surface area contributed by atoms with Gasteiger partial charge in [0.1, 0.15) is 11.9 Å². The maximum atomic E-state index is 13.7. The van der Waals surface area contributed by atoms with Gasteiger partial charge >= 0.3 is 6.03 Å². The average molecular weight is 645 g/mol. The van der Waals surface area contributed by atoms with Gasteiger partial charge in [-0.05, 0) is 61.5 Å². The number of sulfonamides is 1. The zero-order valence-electron chi connectivity index (χ0n) is 24.3. The number of hydrogen-bond donors (Lipinski definition) is 3. The Morgan fingerprint density at radius 1 is 1.05 bits per heavy atom. The van der Waals surface area contributed by atoms with Gasteiger partial charge in [-0.25, -0.2) is 13.2 Å². The van der Waals surface area contributed by atoms with E-state index in [4.69, 9.17) is 25.8 Å². The monoisotopic (exact) mass is 644 g/mol. The summed E-state index contributed by atoms with van der Waals surface area (Å²) in [5.41, 5.74) is 0.962. The van der Waals surface area contributed by atoms with Crippen LogP contribution in [0.4, 0.5) is 16.2 Å². The SMILES string of the molecule is C[C@@H]1CN([C@H](C)CO)C(=O)c2cc(NC(=O)Nc3ccc4c(c3)OCO4)ccc2O[C@H]1CN(C)S(=O)(=O)c1ccc(Cl)cc1. The third-order valence-electron chi connectivity index (χ3n) is 7.51. The van der Waals surface area contributed by atoms with Crippen molar-refractivity contribution in [3.8, 4) is 17.2 Å². The zero-order valence-corrected chi connectivity index (χ0v) is 25.9. The number of carbonyl (C=O) groups excluding carboxylic acids is 2. The second-order valence-electron chi connectivity index (χ2n) is 10.7. The summed E-state index contributed by atoms with van der Waals surface area (Å²) in [6, 6.07) is 14.4. The number of halogens is 1. The topological polar surface area (TPSA) is 147 Å². The van der Waals surface area contributed by atoms with Crippen molar-refractivity contribution in [2.24, 2.45) is 5.92 Å². The lowest BCUT2D eigenvalue weighted by Gasteiger charge is -2.38. The Balaban J connectivity index is 1.38. The van der Waals surface area contributed by atoms with E-state index in [1.165, 1.54) is 46.6 Å². The van der Waals surface area contributed by atoms with Gasteiger partial charge in [0.2, 0.25) is 16.8 Å². The van der Waals surface area contributed by atoms with Crippen molar-refractivity contribution in [2.75, 3.05) is 44.2 Å². The van der Waals surface area contributed by atoms with Crippen LogP contribution in [-0.2, 0) is 10.0 Å². The Labute approximate surface area is 260 Å². The highest BCUT2D eigenvalue weighted by atomic mass is 35.5. The van der Waals surface area contributed by atoms with Gasteiger partial charge in [0.25, 0.3) is 5.91 Å². The number of anilines is 2. The van der Waals surface area contributed by atoms with Crippen molar-refractivity contribution >= 4 is 44.9 Å². The van der Waals surface area contributed by atoms with Crippen molar-refractivity contribution in [1.82, 2.24) is 9.21 Å². The number of carbonyl (C=O) groups is 2. The zero-order chi connectivity index (χ0) is 31.6. The molecule has 3 aromatic rings. The van der Waals surface area contributed by atoms with Crippen molar-refractivity contribution < 1.29 is 37.3 Å². The van der Waals surface area contributed by atoms with Gasteiger partial charge in [0.05, 0.1) is 29.7 Å². The molecule has 2 aliphatic heterocycles. The third kappa shape index (κ3) is 6.70. The van der Waals surface area contributed by atoms with Crippen LogP contribution in [0.2, 0.25) is 5.02 Å². The van der Waals surface area contributed by atoms with Crippen molar-refractivity contribution in [3.05, 3.63) is 71.2 Å². The van der Waals surface area contributed by atoms with E-state index in [0.717, 1.165) is 0 Å². The van der Waals surface area contributed by atoms with Gasteiger partial charge < -0.3 is 34.9 Å². The molecule has 2 heterocycles. The molecule has 3 atom stereocenters. The first-order valence-corrected chi connectivity index (χ1v) is 15.7. The molecule has 3 aromatic carbocycles. The number of urea groups is 1. The Hall–Kier alpha value is -4.04. The van der Waals surface area contributed by atoms with Gasteiger partial charge in [0.15, 0.2) is 11.5 Å². The molecule has 14 heteroatoms. The number of amides is 3. The molecule has 0 bridgehead atoms. The molecule has 44 heavy (non-hydrogen) atoms. The number of hydrogen-bond acceptors (Lipinski definition) is 8. The molecule has 2 aliphatic rings. The van der Waals surface area contributed by atoms with Crippen LogP contribution in [0.15, 0.2) is 65.6 Å². The molecule has 0 aromatic heterocycles. The molecule has 12 nitrogen and oxygen atoms in total. The highest BCUT2D eigenvalue weighted by molar-refractivity contribution is 7.89. The van der Waals surface area contributed by atoms with E-state index in [1.54, 1.807) is 37.3 Å². The van der Waals surface area contributed by atoms with Crippen LogP contribution in [0, 0.1) is 5.92 Å². The highest BCUT2D eigenvalue weighted by Crippen LogP contribution is 2.35. The molecule has 5 rings (SSSR count). The van der Waals surface area contributed by atoms with Crippen molar-refractivity contribution in [2.45, 2.75) is 30.9 Å². The number of likely N-dealkylation sites (N-methyl/N-ethyl adjacent to an activating group) is 1. The number of aliphatic hydroxyl groups excluding tert-OH is 1. The van der Waals surface area contributed by atoms with E-state index in [0.29, 0.717) is 27.9 Å². The molecule has 3 amide bonds.